The zero-order chi connectivity index (χ0) is 24.7. The van der Waals surface area contributed by atoms with Crippen LogP contribution in [0.3, 0.4) is 0 Å². The van der Waals surface area contributed by atoms with Crippen LogP contribution in [0.1, 0.15) is 39.5 Å². The van der Waals surface area contributed by atoms with Crippen LogP contribution in [0.4, 0.5) is 0 Å². The number of carboxylic acids is 1. The fraction of sp³-hybridized carbons (Fsp3) is 0.737. The number of nitrogens with two attached hydrogens (primary N) is 2. The fourth-order valence-electron chi connectivity index (χ4n) is 2.61. The Morgan fingerprint density at radius 3 is 2.25 bits per heavy atom. The van der Waals surface area contributed by atoms with Crippen molar-refractivity contribution >= 4 is 41.4 Å². The lowest BCUT2D eigenvalue weighted by atomic mass is 9.98. The summed E-state index contributed by atoms with van der Waals surface area (Å²) < 4.78 is 0. The van der Waals surface area contributed by atoms with Crippen LogP contribution >= 0.6 is 11.8 Å². The quantitative estimate of drug-likeness (QED) is 0.0743. The van der Waals surface area contributed by atoms with E-state index < -0.39 is 48.4 Å². The van der Waals surface area contributed by atoms with E-state index in [0.717, 1.165) is 0 Å². The third-order valence-corrected chi connectivity index (χ3v) is 5.49. The molecule has 184 valence electrons. The standard InChI is InChI=1S/C19H37N7O5S/c1-4-11(2)15(20)17(29)26-12(6-5-8-23-19(21)22)16(28)24-10-14(27)25-13(18(30)31)7-9-32-3/h11-13,15H,4-10,20H2,1-3H3,(H,24,28)(H,25,27)(H,26,29)(H,30,31)(H4,21,22,23)/t11-,12-,13-,15-/m0/s1. The van der Waals surface area contributed by atoms with Gasteiger partial charge >= 0.3 is 5.97 Å². The first-order valence-electron chi connectivity index (χ1n) is 10.5. The minimum Gasteiger partial charge on any atom is -0.480 e. The van der Waals surface area contributed by atoms with Crippen LogP contribution < -0.4 is 32.7 Å². The third kappa shape index (κ3) is 12.3. The average molecular weight is 476 g/mol. The van der Waals surface area contributed by atoms with Crippen LogP contribution in [0.15, 0.2) is 0 Å². The molecule has 0 saturated heterocycles. The van der Waals surface area contributed by atoms with Gasteiger partial charge in [-0.25, -0.2) is 4.79 Å². The number of guanidine groups is 1. The Balaban J connectivity index is 4.94. The summed E-state index contributed by atoms with van der Waals surface area (Å²) >= 11 is 1.46. The van der Waals surface area contributed by atoms with Crippen molar-refractivity contribution in [1.82, 2.24) is 21.3 Å². The van der Waals surface area contributed by atoms with E-state index in [2.05, 4.69) is 21.3 Å². The zero-order valence-electron chi connectivity index (χ0n) is 18.9. The molecule has 0 heterocycles. The van der Waals surface area contributed by atoms with Crippen molar-refractivity contribution in [3.05, 3.63) is 0 Å². The molecule has 32 heavy (non-hydrogen) atoms. The first-order valence-corrected chi connectivity index (χ1v) is 11.8. The van der Waals surface area contributed by atoms with Gasteiger partial charge in [0.2, 0.25) is 17.7 Å². The van der Waals surface area contributed by atoms with Crippen molar-refractivity contribution in [1.29, 1.82) is 5.41 Å². The SMILES string of the molecule is CC[C@H](C)[C@H](N)C(=O)N[C@@H](CCCNC(=N)N)C(=O)NCC(=O)N[C@@H](CCSC)C(=O)O. The van der Waals surface area contributed by atoms with Gasteiger partial charge in [-0.2, -0.15) is 11.8 Å². The van der Waals surface area contributed by atoms with E-state index in [1.807, 2.05) is 20.1 Å². The summed E-state index contributed by atoms with van der Waals surface area (Å²) in [4.78, 5) is 48.4. The van der Waals surface area contributed by atoms with E-state index in [1.54, 1.807) is 0 Å². The largest absolute Gasteiger partial charge is 0.480 e. The number of hydrogen-bond donors (Lipinski definition) is 8. The van der Waals surface area contributed by atoms with E-state index in [0.29, 0.717) is 25.1 Å². The Bertz CT molecular complexity index is 650. The smallest absolute Gasteiger partial charge is 0.326 e. The number of thioether (sulfide) groups is 1. The number of aliphatic carboxylic acids is 1. The number of rotatable bonds is 16. The molecule has 3 amide bonds. The summed E-state index contributed by atoms with van der Waals surface area (Å²) in [6.45, 7) is 3.62. The first kappa shape index (κ1) is 29.5. The molecule has 0 bridgehead atoms. The molecule has 12 nitrogen and oxygen atoms in total. The summed E-state index contributed by atoms with van der Waals surface area (Å²) in [6.07, 6.45) is 3.41. The topological polar surface area (TPSA) is 213 Å². The number of hydrogen-bond acceptors (Lipinski definition) is 7. The lowest BCUT2D eigenvalue weighted by Gasteiger charge is -2.23. The molecule has 4 atom stereocenters. The van der Waals surface area contributed by atoms with Gasteiger partial charge in [-0.1, -0.05) is 20.3 Å². The molecular formula is C19H37N7O5S. The fourth-order valence-corrected chi connectivity index (χ4v) is 3.08. The molecular weight excluding hydrogens is 438 g/mol. The van der Waals surface area contributed by atoms with E-state index >= 15 is 0 Å². The van der Waals surface area contributed by atoms with Gasteiger partial charge in [-0.05, 0) is 37.2 Å². The second kappa shape index (κ2) is 16.1. The van der Waals surface area contributed by atoms with E-state index in [1.165, 1.54) is 11.8 Å². The van der Waals surface area contributed by atoms with Crippen molar-refractivity contribution in [2.45, 2.75) is 57.7 Å². The van der Waals surface area contributed by atoms with Crippen LogP contribution in [0, 0.1) is 11.3 Å². The zero-order valence-corrected chi connectivity index (χ0v) is 19.7. The van der Waals surface area contributed by atoms with Crippen LogP contribution in [-0.2, 0) is 19.2 Å². The molecule has 0 radical (unpaired) electrons. The maximum Gasteiger partial charge on any atom is 0.326 e. The molecule has 0 aromatic rings. The lowest BCUT2D eigenvalue weighted by Crippen LogP contribution is -2.54. The van der Waals surface area contributed by atoms with Crippen LogP contribution in [0.5, 0.6) is 0 Å². The first-order chi connectivity index (χ1) is 15.0. The van der Waals surface area contributed by atoms with Gasteiger partial charge in [0.1, 0.15) is 12.1 Å². The third-order valence-electron chi connectivity index (χ3n) is 4.84. The summed E-state index contributed by atoms with van der Waals surface area (Å²) in [5, 5.41) is 26.4. The van der Waals surface area contributed by atoms with E-state index in [4.69, 9.17) is 16.9 Å². The van der Waals surface area contributed by atoms with Gasteiger partial charge in [-0.15, -0.1) is 0 Å². The molecule has 0 aliphatic heterocycles. The molecule has 0 saturated carbocycles. The van der Waals surface area contributed by atoms with Crippen molar-refractivity contribution in [3.8, 4) is 0 Å². The molecule has 13 heteroatoms. The number of amides is 3. The normalized spacial score (nSPS) is 14.4. The molecule has 0 aliphatic rings. The minimum absolute atomic E-state index is 0.0851. The van der Waals surface area contributed by atoms with E-state index in [9.17, 15) is 24.3 Å². The van der Waals surface area contributed by atoms with Crippen LogP contribution in [0.25, 0.3) is 0 Å². The summed E-state index contributed by atoms with van der Waals surface area (Å²) in [5.74, 6) is -2.61. The minimum atomic E-state index is -1.15. The van der Waals surface area contributed by atoms with Crippen molar-refractivity contribution in [2.24, 2.45) is 17.4 Å². The molecule has 0 rings (SSSR count). The number of carbonyl (C=O) groups is 4. The van der Waals surface area contributed by atoms with Crippen LogP contribution in [0.2, 0.25) is 0 Å². The van der Waals surface area contributed by atoms with Gasteiger partial charge in [0, 0.05) is 6.54 Å². The van der Waals surface area contributed by atoms with Gasteiger partial charge in [-0.3, -0.25) is 19.8 Å². The Morgan fingerprint density at radius 2 is 1.72 bits per heavy atom. The molecule has 0 unspecified atom stereocenters. The summed E-state index contributed by atoms with van der Waals surface area (Å²) in [5.41, 5.74) is 11.2. The number of nitrogens with one attached hydrogen (secondary N) is 5. The van der Waals surface area contributed by atoms with Gasteiger partial charge in [0.05, 0.1) is 12.6 Å². The van der Waals surface area contributed by atoms with E-state index in [-0.39, 0.29) is 24.7 Å². The Kier molecular flexibility index (Phi) is 14.9. The Hall–Kier alpha value is -2.54. The van der Waals surface area contributed by atoms with Gasteiger partial charge in [0.15, 0.2) is 5.96 Å². The van der Waals surface area contributed by atoms with Gasteiger partial charge in [0.25, 0.3) is 0 Å². The van der Waals surface area contributed by atoms with Crippen molar-refractivity contribution in [3.63, 3.8) is 0 Å². The van der Waals surface area contributed by atoms with Crippen molar-refractivity contribution < 1.29 is 24.3 Å². The van der Waals surface area contributed by atoms with Crippen molar-refractivity contribution in [2.75, 3.05) is 25.1 Å². The second-order valence-corrected chi connectivity index (χ2v) is 8.40. The Morgan fingerprint density at radius 1 is 1.06 bits per heavy atom. The molecule has 0 aromatic carbocycles. The van der Waals surface area contributed by atoms with Crippen LogP contribution in [-0.4, -0.2) is 78.0 Å². The lowest BCUT2D eigenvalue weighted by molar-refractivity contribution is -0.141. The molecule has 0 spiro atoms. The predicted octanol–water partition coefficient (Wildman–Crippen LogP) is -1.45. The predicted molar refractivity (Wildman–Crippen MR) is 124 cm³/mol. The summed E-state index contributed by atoms with van der Waals surface area (Å²) in [7, 11) is 0. The highest BCUT2D eigenvalue weighted by Crippen LogP contribution is 2.07. The van der Waals surface area contributed by atoms with Gasteiger partial charge < -0.3 is 37.8 Å². The summed E-state index contributed by atoms with van der Waals surface area (Å²) in [6, 6.07) is -2.79. The highest BCUT2D eigenvalue weighted by atomic mass is 32.2. The molecule has 0 aliphatic carbocycles. The molecule has 0 aromatic heterocycles. The molecule has 10 N–H and O–H groups in total. The monoisotopic (exact) mass is 475 g/mol. The highest BCUT2D eigenvalue weighted by molar-refractivity contribution is 7.98. The number of carbonyl (C=O) groups excluding carboxylic acids is 3. The number of carboxylic acid groups (broad SMARTS) is 1. The average Bonchev–Trinajstić information content (AvgIpc) is 2.75. The maximum atomic E-state index is 12.6. The molecule has 0 fully saturated rings. The second-order valence-electron chi connectivity index (χ2n) is 7.41. The maximum absolute atomic E-state index is 12.6. The highest BCUT2D eigenvalue weighted by Gasteiger charge is 2.26. The Labute approximate surface area is 192 Å².